The third-order valence-corrected chi connectivity index (χ3v) is 7.04. The predicted octanol–water partition coefficient (Wildman–Crippen LogP) is 4.17. The van der Waals surface area contributed by atoms with E-state index in [1.54, 1.807) is 43.3 Å². The van der Waals surface area contributed by atoms with Crippen LogP contribution in [0, 0.1) is 0 Å². The van der Waals surface area contributed by atoms with Crippen LogP contribution in [0.15, 0.2) is 48.5 Å². The molecule has 2 rings (SSSR count). The first kappa shape index (κ1) is 27.7. The van der Waals surface area contributed by atoms with Gasteiger partial charge in [-0.05, 0) is 42.5 Å². The highest BCUT2D eigenvalue weighted by Gasteiger charge is 2.32. The summed E-state index contributed by atoms with van der Waals surface area (Å²) in [5.74, 6) is -0.727. The molecule has 0 saturated heterocycles. The van der Waals surface area contributed by atoms with Gasteiger partial charge in [-0.2, -0.15) is 0 Å². The summed E-state index contributed by atoms with van der Waals surface area (Å²) >= 11 is 6.35. The van der Waals surface area contributed by atoms with E-state index < -0.39 is 28.5 Å². The Morgan fingerprint density at radius 1 is 1.03 bits per heavy atom. The second kappa shape index (κ2) is 12.2. The lowest BCUT2D eigenvalue weighted by Gasteiger charge is -2.33. The summed E-state index contributed by atoms with van der Waals surface area (Å²) in [5, 5.41) is 3.24. The van der Waals surface area contributed by atoms with Gasteiger partial charge >= 0.3 is 0 Å². The van der Waals surface area contributed by atoms with Crippen molar-refractivity contribution in [2.75, 3.05) is 23.7 Å². The van der Waals surface area contributed by atoms with Gasteiger partial charge in [-0.15, -0.1) is 0 Å². The topological polar surface area (TPSA) is 86.8 Å². The summed E-state index contributed by atoms with van der Waals surface area (Å²) in [6, 6.07) is 13.5. The number of carbonyl (C=O) groups excluding carboxylic acids is 2. The van der Waals surface area contributed by atoms with Gasteiger partial charge < -0.3 is 10.2 Å². The predicted molar refractivity (Wildman–Crippen MR) is 137 cm³/mol. The van der Waals surface area contributed by atoms with Crippen LogP contribution in [-0.4, -0.2) is 50.5 Å². The monoisotopic (exact) mass is 507 g/mol. The molecule has 0 aliphatic carbocycles. The molecule has 0 bridgehead atoms. The lowest BCUT2D eigenvalue weighted by Crippen LogP contribution is -2.52. The highest BCUT2D eigenvalue weighted by molar-refractivity contribution is 7.92. The van der Waals surface area contributed by atoms with Crippen molar-refractivity contribution in [3.8, 4) is 0 Å². The molecule has 34 heavy (non-hydrogen) atoms. The fourth-order valence-electron chi connectivity index (χ4n) is 3.82. The second-order valence-electron chi connectivity index (χ2n) is 8.41. The van der Waals surface area contributed by atoms with E-state index in [1.807, 2.05) is 32.9 Å². The van der Waals surface area contributed by atoms with Gasteiger partial charge in [0.25, 0.3) is 0 Å². The van der Waals surface area contributed by atoms with Gasteiger partial charge in [-0.25, -0.2) is 8.42 Å². The van der Waals surface area contributed by atoms with Gasteiger partial charge in [0.2, 0.25) is 21.8 Å². The summed E-state index contributed by atoms with van der Waals surface area (Å²) in [4.78, 5) is 27.9. The maximum absolute atomic E-state index is 13.7. The number of benzene rings is 2. The molecule has 9 heteroatoms. The van der Waals surface area contributed by atoms with Crippen LogP contribution in [0.1, 0.15) is 51.2 Å². The Kier molecular flexibility index (Phi) is 9.94. The number of anilines is 1. The van der Waals surface area contributed by atoms with Crippen molar-refractivity contribution >= 4 is 39.1 Å². The van der Waals surface area contributed by atoms with E-state index in [-0.39, 0.29) is 18.4 Å². The molecule has 1 N–H and O–H groups in total. The fourth-order valence-corrected chi connectivity index (χ4v) is 4.88. The molecule has 0 saturated carbocycles. The molecule has 0 fully saturated rings. The van der Waals surface area contributed by atoms with Crippen molar-refractivity contribution in [2.24, 2.45) is 0 Å². The van der Waals surface area contributed by atoms with Crippen LogP contribution in [0.25, 0.3) is 0 Å². The second-order valence-corrected chi connectivity index (χ2v) is 10.7. The summed E-state index contributed by atoms with van der Waals surface area (Å²) in [6.45, 7) is 7.62. The third-order valence-electron chi connectivity index (χ3n) is 5.54. The first-order valence-electron chi connectivity index (χ1n) is 11.4. The Bertz CT molecular complexity index is 1100. The molecular weight excluding hydrogens is 474 g/mol. The van der Waals surface area contributed by atoms with Crippen molar-refractivity contribution in [2.45, 2.75) is 52.6 Å². The number of carbonyl (C=O) groups is 2. The van der Waals surface area contributed by atoms with Gasteiger partial charge in [0.1, 0.15) is 12.6 Å². The van der Waals surface area contributed by atoms with E-state index >= 15 is 0 Å². The molecule has 0 spiro atoms. The Morgan fingerprint density at radius 3 is 2.21 bits per heavy atom. The lowest BCUT2D eigenvalue weighted by molar-refractivity contribution is -0.140. The van der Waals surface area contributed by atoms with Gasteiger partial charge in [-0.1, -0.05) is 68.8 Å². The van der Waals surface area contributed by atoms with Crippen LogP contribution >= 0.6 is 11.6 Å². The van der Waals surface area contributed by atoms with Crippen molar-refractivity contribution in [1.29, 1.82) is 0 Å². The summed E-state index contributed by atoms with van der Waals surface area (Å²) in [5.41, 5.74) is 1.94. The van der Waals surface area contributed by atoms with Gasteiger partial charge in [0.15, 0.2) is 0 Å². The van der Waals surface area contributed by atoms with E-state index in [0.29, 0.717) is 29.2 Å². The number of hydrogen-bond donors (Lipinski definition) is 1. The molecule has 186 valence electrons. The van der Waals surface area contributed by atoms with Crippen LogP contribution in [0.4, 0.5) is 5.69 Å². The zero-order valence-electron chi connectivity index (χ0n) is 20.4. The Labute approximate surface area is 208 Å². The van der Waals surface area contributed by atoms with Crippen molar-refractivity contribution in [3.63, 3.8) is 0 Å². The third kappa shape index (κ3) is 6.96. The zero-order chi connectivity index (χ0) is 25.5. The van der Waals surface area contributed by atoms with Crippen LogP contribution in [0.3, 0.4) is 0 Å². The Balaban J connectivity index is 2.51. The molecule has 2 amide bonds. The summed E-state index contributed by atoms with van der Waals surface area (Å²) in [7, 11) is -3.79. The van der Waals surface area contributed by atoms with Crippen LogP contribution in [0.5, 0.6) is 0 Å². The zero-order valence-corrected chi connectivity index (χ0v) is 22.0. The molecule has 0 aliphatic rings. The summed E-state index contributed by atoms with van der Waals surface area (Å²) in [6.07, 6.45) is 1.44. The van der Waals surface area contributed by atoms with E-state index in [1.165, 1.54) is 4.90 Å². The highest BCUT2D eigenvalue weighted by Crippen LogP contribution is 2.29. The van der Waals surface area contributed by atoms with Crippen LogP contribution < -0.4 is 9.62 Å². The van der Waals surface area contributed by atoms with E-state index in [9.17, 15) is 18.0 Å². The number of hydrogen-bond acceptors (Lipinski definition) is 4. The van der Waals surface area contributed by atoms with Gasteiger partial charge in [-0.3, -0.25) is 13.9 Å². The minimum Gasteiger partial charge on any atom is -0.355 e. The maximum Gasteiger partial charge on any atom is 0.244 e. The highest BCUT2D eigenvalue weighted by atomic mass is 35.5. The molecule has 7 nitrogen and oxygen atoms in total. The number of amides is 2. The van der Waals surface area contributed by atoms with Gasteiger partial charge in [0, 0.05) is 18.1 Å². The van der Waals surface area contributed by atoms with Crippen LogP contribution in [0.2, 0.25) is 5.02 Å². The van der Waals surface area contributed by atoms with Crippen LogP contribution in [-0.2, 0) is 26.2 Å². The number of halogens is 1. The minimum atomic E-state index is -3.79. The minimum absolute atomic E-state index is 0.0495. The number of rotatable bonds is 11. The number of nitrogens with zero attached hydrogens (tertiary/aromatic N) is 2. The number of para-hydroxylation sites is 1. The normalized spacial score (nSPS) is 12.3. The number of likely N-dealkylation sites (N-methyl/N-ethyl adjacent to an activating group) is 1. The van der Waals surface area contributed by atoms with Gasteiger partial charge in [0.05, 0.1) is 11.9 Å². The van der Waals surface area contributed by atoms with E-state index in [2.05, 4.69) is 5.32 Å². The summed E-state index contributed by atoms with van der Waals surface area (Å²) < 4.78 is 26.7. The van der Waals surface area contributed by atoms with Crippen molar-refractivity contribution < 1.29 is 18.0 Å². The Hall–Kier alpha value is -2.58. The first-order valence-corrected chi connectivity index (χ1v) is 13.6. The first-order chi connectivity index (χ1) is 16.0. The molecule has 0 aromatic heterocycles. The SMILES string of the molecule is CCNC(=O)[C@@H](CC)N(Cc1ccccc1Cl)C(=O)CN(c1ccccc1C(C)C)S(C)(=O)=O. The molecule has 2 aromatic carbocycles. The molecule has 0 aliphatic heterocycles. The van der Waals surface area contributed by atoms with Crippen molar-refractivity contribution in [1.82, 2.24) is 10.2 Å². The lowest BCUT2D eigenvalue weighted by atomic mass is 10.0. The van der Waals surface area contributed by atoms with E-state index in [0.717, 1.165) is 16.1 Å². The quantitative estimate of drug-likeness (QED) is 0.494. The average molecular weight is 508 g/mol. The van der Waals surface area contributed by atoms with Crippen molar-refractivity contribution in [3.05, 3.63) is 64.7 Å². The molecular formula is C25H34ClN3O4S. The number of sulfonamides is 1. The maximum atomic E-state index is 13.7. The van der Waals surface area contributed by atoms with E-state index in [4.69, 9.17) is 11.6 Å². The Morgan fingerprint density at radius 2 is 1.65 bits per heavy atom. The standard InChI is InChI=1S/C25H34ClN3O4S/c1-6-22(25(31)27-7-2)28(16-19-12-8-10-14-21(19)26)24(30)17-29(34(5,32)33)23-15-11-9-13-20(23)18(3)4/h8-15,18,22H,6-7,16-17H2,1-5H3,(H,27,31)/t22-/m1/s1. The molecule has 2 aromatic rings. The molecule has 0 unspecified atom stereocenters. The smallest absolute Gasteiger partial charge is 0.244 e. The molecule has 0 heterocycles. The fraction of sp³-hybridized carbons (Fsp3) is 0.440. The number of nitrogens with one attached hydrogen (secondary N) is 1. The largest absolute Gasteiger partial charge is 0.355 e. The average Bonchev–Trinajstić information content (AvgIpc) is 2.77. The molecule has 0 radical (unpaired) electrons. The molecule has 1 atom stereocenters.